The number of halogens is 3. The Morgan fingerprint density at radius 2 is 1.47 bits per heavy atom. The number of hydrogen-bond donors (Lipinski definition) is 2. The average Bonchev–Trinajstić information content (AvgIpc) is 2.38. The molecule has 2 aromatic rings. The van der Waals surface area contributed by atoms with Gasteiger partial charge in [0.05, 0.1) is 5.56 Å². The highest BCUT2D eigenvalue weighted by atomic mass is 19.4. The lowest BCUT2D eigenvalue weighted by molar-refractivity contribution is -0.137. The smallest absolute Gasteiger partial charge is 0.423 e. The predicted molar refractivity (Wildman–Crippen MR) is 62.3 cm³/mol. The van der Waals surface area contributed by atoms with Crippen LogP contribution in [0.25, 0.3) is 11.4 Å². The summed E-state index contributed by atoms with van der Waals surface area (Å²) in [6.45, 7) is 0. The van der Waals surface area contributed by atoms with E-state index in [-0.39, 0.29) is 11.3 Å². The number of rotatable bonds is 2. The first-order valence-electron chi connectivity index (χ1n) is 5.23. The molecule has 0 saturated carbocycles. The molecular formula is C11H8BF3N2O2. The Bertz CT molecular complexity index is 556. The summed E-state index contributed by atoms with van der Waals surface area (Å²) in [7, 11) is -1.68. The topological polar surface area (TPSA) is 66.2 Å². The predicted octanol–water partition coefficient (Wildman–Crippen LogP) is 0.842. The van der Waals surface area contributed by atoms with Gasteiger partial charge in [-0.3, -0.25) is 0 Å². The molecule has 0 spiro atoms. The second-order valence-corrected chi connectivity index (χ2v) is 3.79. The van der Waals surface area contributed by atoms with Gasteiger partial charge in [0.1, 0.15) is 0 Å². The van der Waals surface area contributed by atoms with Crippen molar-refractivity contribution in [2.45, 2.75) is 6.18 Å². The van der Waals surface area contributed by atoms with Crippen LogP contribution in [0.1, 0.15) is 5.56 Å². The minimum absolute atomic E-state index is 0.107. The van der Waals surface area contributed by atoms with Crippen LogP contribution in [0.2, 0.25) is 0 Å². The van der Waals surface area contributed by atoms with Gasteiger partial charge in [-0.2, -0.15) is 13.2 Å². The second-order valence-electron chi connectivity index (χ2n) is 3.79. The maximum absolute atomic E-state index is 12.4. The number of aromatic nitrogens is 2. The lowest BCUT2D eigenvalue weighted by Crippen LogP contribution is -2.30. The van der Waals surface area contributed by atoms with Crippen LogP contribution in [0, 0.1) is 0 Å². The fourth-order valence-electron chi connectivity index (χ4n) is 1.43. The fraction of sp³-hybridized carbons (Fsp3) is 0.0909. The molecule has 0 fully saturated rings. The number of nitrogens with zero attached hydrogens (tertiary/aromatic N) is 2. The molecule has 0 aliphatic rings. The molecule has 0 radical (unpaired) electrons. The molecule has 1 heterocycles. The van der Waals surface area contributed by atoms with Crippen LogP contribution in [0.3, 0.4) is 0 Å². The van der Waals surface area contributed by atoms with Gasteiger partial charge in [0.2, 0.25) is 0 Å². The summed E-state index contributed by atoms with van der Waals surface area (Å²) in [5.74, 6) is 0.207. The first-order valence-corrected chi connectivity index (χ1v) is 5.23. The van der Waals surface area contributed by atoms with Crippen molar-refractivity contribution in [3.05, 3.63) is 42.2 Å². The molecule has 1 aromatic heterocycles. The zero-order chi connectivity index (χ0) is 14.0. The summed E-state index contributed by atoms with van der Waals surface area (Å²) < 4.78 is 37.1. The van der Waals surface area contributed by atoms with E-state index in [0.29, 0.717) is 5.56 Å². The van der Waals surface area contributed by atoms with E-state index in [1.54, 1.807) is 0 Å². The molecule has 8 heteroatoms. The van der Waals surface area contributed by atoms with Crippen LogP contribution in [-0.4, -0.2) is 27.1 Å². The molecule has 0 amide bonds. The summed E-state index contributed by atoms with van der Waals surface area (Å²) >= 11 is 0. The third-order valence-corrected chi connectivity index (χ3v) is 2.44. The van der Waals surface area contributed by atoms with Crippen molar-refractivity contribution in [3.63, 3.8) is 0 Å². The van der Waals surface area contributed by atoms with Crippen molar-refractivity contribution in [1.29, 1.82) is 0 Å². The van der Waals surface area contributed by atoms with Crippen LogP contribution < -0.4 is 5.46 Å². The van der Waals surface area contributed by atoms with E-state index in [9.17, 15) is 13.2 Å². The summed E-state index contributed by atoms with van der Waals surface area (Å²) in [4.78, 5) is 7.70. The maximum Gasteiger partial charge on any atom is 0.491 e. The lowest BCUT2D eigenvalue weighted by Gasteiger charge is -2.07. The number of hydrogen-bond acceptors (Lipinski definition) is 4. The SMILES string of the molecule is OB(O)c1cnc(-c2ccc(C(F)(F)F)cc2)nc1. The van der Waals surface area contributed by atoms with Gasteiger partial charge in [0.25, 0.3) is 0 Å². The number of alkyl halides is 3. The van der Waals surface area contributed by atoms with Gasteiger partial charge in [0.15, 0.2) is 5.82 Å². The summed E-state index contributed by atoms with van der Waals surface area (Å²) in [6, 6.07) is 4.39. The average molecular weight is 268 g/mol. The van der Waals surface area contributed by atoms with Crippen molar-refractivity contribution < 1.29 is 23.2 Å². The number of benzene rings is 1. The van der Waals surface area contributed by atoms with Gasteiger partial charge < -0.3 is 10.0 Å². The zero-order valence-corrected chi connectivity index (χ0v) is 9.46. The molecule has 0 bridgehead atoms. The molecule has 1 aromatic carbocycles. The van der Waals surface area contributed by atoms with Gasteiger partial charge >= 0.3 is 13.3 Å². The second kappa shape index (κ2) is 4.98. The molecule has 19 heavy (non-hydrogen) atoms. The van der Waals surface area contributed by atoms with Gasteiger partial charge in [0, 0.05) is 23.4 Å². The van der Waals surface area contributed by atoms with E-state index in [0.717, 1.165) is 12.1 Å². The molecule has 98 valence electrons. The molecule has 0 atom stereocenters. The van der Waals surface area contributed by atoms with E-state index in [1.807, 2.05) is 0 Å². The lowest BCUT2D eigenvalue weighted by atomic mass is 9.83. The molecule has 2 rings (SSSR count). The molecule has 0 unspecified atom stereocenters. The van der Waals surface area contributed by atoms with E-state index in [2.05, 4.69) is 9.97 Å². The first kappa shape index (κ1) is 13.5. The van der Waals surface area contributed by atoms with Crippen molar-refractivity contribution in [2.24, 2.45) is 0 Å². The van der Waals surface area contributed by atoms with Crippen LogP contribution >= 0.6 is 0 Å². The van der Waals surface area contributed by atoms with Crippen molar-refractivity contribution in [2.75, 3.05) is 0 Å². The third kappa shape index (κ3) is 3.10. The van der Waals surface area contributed by atoms with Gasteiger partial charge in [-0.25, -0.2) is 9.97 Å². The minimum atomic E-state index is -4.38. The summed E-state index contributed by atoms with van der Waals surface area (Å²) in [6.07, 6.45) is -1.99. The monoisotopic (exact) mass is 268 g/mol. The van der Waals surface area contributed by atoms with Crippen LogP contribution in [0.5, 0.6) is 0 Å². The molecule has 2 N–H and O–H groups in total. The van der Waals surface area contributed by atoms with Gasteiger partial charge in [-0.1, -0.05) is 12.1 Å². The van der Waals surface area contributed by atoms with E-state index in [4.69, 9.17) is 10.0 Å². The van der Waals surface area contributed by atoms with Crippen molar-refractivity contribution >= 4 is 12.6 Å². The normalized spacial score (nSPS) is 11.4. The Morgan fingerprint density at radius 1 is 0.947 bits per heavy atom. The first-order chi connectivity index (χ1) is 8.88. The van der Waals surface area contributed by atoms with Crippen molar-refractivity contribution in [1.82, 2.24) is 9.97 Å². The Hall–Kier alpha value is -1.93. The highest BCUT2D eigenvalue weighted by molar-refractivity contribution is 6.58. The highest BCUT2D eigenvalue weighted by Gasteiger charge is 2.30. The fourth-order valence-corrected chi connectivity index (χ4v) is 1.43. The Labute approximate surface area is 106 Å². The van der Waals surface area contributed by atoms with Crippen LogP contribution in [0.4, 0.5) is 13.2 Å². The third-order valence-electron chi connectivity index (χ3n) is 2.44. The highest BCUT2D eigenvalue weighted by Crippen LogP contribution is 2.30. The largest absolute Gasteiger partial charge is 0.491 e. The van der Waals surface area contributed by atoms with E-state index in [1.165, 1.54) is 24.5 Å². The minimum Gasteiger partial charge on any atom is -0.423 e. The molecule has 0 aliphatic heterocycles. The van der Waals surface area contributed by atoms with E-state index < -0.39 is 18.9 Å². The Balaban J connectivity index is 2.27. The van der Waals surface area contributed by atoms with Crippen molar-refractivity contribution in [3.8, 4) is 11.4 Å². The molecule has 0 saturated heterocycles. The summed E-state index contributed by atoms with van der Waals surface area (Å²) in [5.41, 5.74) is -0.235. The standard InChI is InChI=1S/C11H8BF3N2O2/c13-11(14,15)8-3-1-7(2-4-8)10-16-5-9(6-17-10)12(18)19/h1-6,18-19H. The Kier molecular flexibility index (Phi) is 3.54. The zero-order valence-electron chi connectivity index (χ0n) is 9.46. The van der Waals surface area contributed by atoms with Crippen LogP contribution in [-0.2, 0) is 6.18 Å². The van der Waals surface area contributed by atoms with Gasteiger partial charge in [-0.05, 0) is 12.1 Å². The molecular weight excluding hydrogens is 260 g/mol. The summed E-state index contributed by atoms with van der Waals surface area (Å²) in [5, 5.41) is 17.7. The van der Waals surface area contributed by atoms with Gasteiger partial charge in [-0.15, -0.1) is 0 Å². The quantitative estimate of drug-likeness (QED) is 0.792. The van der Waals surface area contributed by atoms with E-state index >= 15 is 0 Å². The maximum atomic E-state index is 12.4. The molecule has 4 nitrogen and oxygen atoms in total. The Morgan fingerprint density at radius 3 is 1.89 bits per heavy atom. The molecule has 0 aliphatic carbocycles. The van der Waals surface area contributed by atoms with Crippen LogP contribution in [0.15, 0.2) is 36.7 Å².